The van der Waals surface area contributed by atoms with Gasteiger partial charge in [0, 0.05) is 25.2 Å². The predicted octanol–water partition coefficient (Wildman–Crippen LogP) is 2.60. The number of halogens is 1. The molecule has 0 bridgehead atoms. The van der Waals surface area contributed by atoms with Crippen molar-refractivity contribution in [2.75, 3.05) is 18.0 Å². The highest BCUT2D eigenvalue weighted by Crippen LogP contribution is 2.26. The van der Waals surface area contributed by atoms with Crippen molar-refractivity contribution in [3.63, 3.8) is 0 Å². The van der Waals surface area contributed by atoms with E-state index in [2.05, 4.69) is 5.32 Å². The zero-order valence-electron chi connectivity index (χ0n) is 13.5. The summed E-state index contributed by atoms with van der Waals surface area (Å²) in [5, 5.41) is 13.0. The quantitative estimate of drug-likeness (QED) is 0.837. The minimum Gasteiger partial charge on any atom is -0.391 e. The van der Waals surface area contributed by atoms with Gasteiger partial charge in [-0.2, -0.15) is 0 Å². The Balaban J connectivity index is 2.09. The lowest BCUT2D eigenvalue weighted by Gasteiger charge is -2.19. The fourth-order valence-corrected chi connectivity index (χ4v) is 2.75. The summed E-state index contributed by atoms with van der Waals surface area (Å²) >= 11 is 6.11. The maximum atomic E-state index is 12.3. The summed E-state index contributed by atoms with van der Waals surface area (Å²) < 4.78 is 0. The Kier molecular flexibility index (Phi) is 6.02. The molecule has 0 radical (unpaired) electrons. The second kappa shape index (κ2) is 7.79. The lowest BCUT2D eigenvalue weighted by atomic mass is 10.0. The molecular weight excluding hydrogens is 316 g/mol. The number of benzene rings is 1. The lowest BCUT2D eigenvalue weighted by Crippen LogP contribution is -2.35. The minimum absolute atomic E-state index is 0.0610. The van der Waals surface area contributed by atoms with Gasteiger partial charge < -0.3 is 15.3 Å². The van der Waals surface area contributed by atoms with E-state index in [0.29, 0.717) is 29.2 Å². The number of hydrogen-bond donors (Lipinski definition) is 2. The average Bonchev–Trinajstić information content (AvgIpc) is 2.98. The van der Waals surface area contributed by atoms with E-state index in [-0.39, 0.29) is 24.3 Å². The Morgan fingerprint density at radius 2 is 2.22 bits per heavy atom. The first-order valence-corrected chi connectivity index (χ1v) is 8.38. The molecule has 2 amide bonds. The first kappa shape index (κ1) is 17.8. The summed E-state index contributed by atoms with van der Waals surface area (Å²) in [6.45, 7) is 4.76. The van der Waals surface area contributed by atoms with Crippen LogP contribution < -0.4 is 10.2 Å². The molecule has 2 unspecified atom stereocenters. The van der Waals surface area contributed by atoms with Crippen molar-refractivity contribution in [3.8, 4) is 0 Å². The maximum absolute atomic E-state index is 12.3. The van der Waals surface area contributed by atoms with Crippen molar-refractivity contribution in [3.05, 3.63) is 28.8 Å². The second-order valence-corrected chi connectivity index (χ2v) is 6.38. The molecule has 0 saturated carbocycles. The molecule has 2 N–H and O–H groups in total. The molecule has 126 valence electrons. The average molecular weight is 339 g/mol. The Morgan fingerprint density at radius 1 is 1.48 bits per heavy atom. The van der Waals surface area contributed by atoms with Crippen LogP contribution in [0.3, 0.4) is 0 Å². The van der Waals surface area contributed by atoms with E-state index >= 15 is 0 Å². The fourth-order valence-electron chi connectivity index (χ4n) is 2.54. The van der Waals surface area contributed by atoms with Gasteiger partial charge in [-0.25, -0.2) is 0 Å². The van der Waals surface area contributed by atoms with Crippen molar-refractivity contribution < 1.29 is 14.7 Å². The number of hydrogen-bond acceptors (Lipinski definition) is 3. The highest BCUT2D eigenvalue weighted by molar-refractivity contribution is 6.34. The summed E-state index contributed by atoms with van der Waals surface area (Å²) in [7, 11) is 0. The molecule has 0 spiro atoms. The number of carbonyl (C=O) groups is 2. The third-order valence-electron chi connectivity index (χ3n) is 4.35. The van der Waals surface area contributed by atoms with Gasteiger partial charge in [-0.15, -0.1) is 0 Å². The van der Waals surface area contributed by atoms with Gasteiger partial charge in [-0.05, 0) is 30.5 Å². The Hall–Kier alpha value is -1.59. The normalized spacial score (nSPS) is 17.2. The van der Waals surface area contributed by atoms with Gasteiger partial charge >= 0.3 is 0 Å². The van der Waals surface area contributed by atoms with Gasteiger partial charge in [0.25, 0.3) is 5.91 Å². The summed E-state index contributed by atoms with van der Waals surface area (Å²) in [5.74, 6) is -0.170. The van der Waals surface area contributed by atoms with Crippen LogP contribution in [0.1, 0.15) is 43.5 Å². The topological polar surface area (TPSA) is 69.6 Å². The number of rotatable bonds is 6. The van der Waals surface area contributed by atoms with Crippen LogP contribution >= 0.6 is 11.6 Å². The fraction of sp³-hybridized carbons (Fsp3) is 0.529. The second-order valence-electron chi connectivity index (χ2n) is 5.98. The number of nitrogens with zero attached hydrogens (tertiary/aromatic N) is 1. The summed E-state index contributed by atoms with van der Waals surface area (Å²) in [6.07, 6.45) is 1.60. The number of anilines is 1. The Morgan fingerprint density at radius 3 is 2.83 bits per heavy atom. The van der Waals surface area contributed by atoms with E-state index in [1.165, 1.54) is 0 Å². The standard InChI is InChI=1S/C17H23ClN2O3/c1-3-11(2)15(21)10-19-17(23)13-9-12(6-7-14(13)18)20-8-4-5-16(20)22/h6-7,9,11,15,21H,3-5,8,10H2,1-2H3,(H,19,23). The van der Waals surface area contributed by atoms with E-state index in [9.17, 15) is 14.7 Å². The molecular formula is C17H23ClN2O3. The highest BCUT2D eigenvalue weighted by Gasteiger charge is 2.23. The third kappa shape index (κ3) is 4.24. The summed E-state index contributed by atoms with van der Waals surface area (Å²) in [4.78, 5) is 25.8. The smallest absolute Gasteiger partial charge is 0.252 e. The minimum atomic E-state index is -0.592. The molecule has 1 aromatic rings. The van der Waals surface area contributed by atoms with Gasteiger partial charge in [0.05, 0.1) is 16.7 Å². The van der Waals surface area contributed by atoms with Crippen molar-refractivity contribution in [1.29, 1.82) is 0 Å². The molecule has 1 aliphatic rings. The molecule has 2 atom stereocenters. The van der Waals surface area contributed by atoms with Crippen molar-refractivity contribution in [1.82, 2.24) is 5.32 Å². The van der Waals surface area contributed by atoms with E-state index in [4.69, 9.17) is 11.6 Å². The Bertz CT molecular complexity index is 591. The van der Waals surface area contributed by atoms with Crippen molar-refractivity contribution in [2.24, 2.45) is 5.92 Å². The largest absolute Gasteiger partial charge is 0.391 e. The van der Waals surface area contributed by atoms with Crippen molar-refractivity contribution in [2.45, 2.75) is 39.2 Å². The van der Waals surface area contributed by atoms with Crippen molar-refractivity contribution >= 4 is 29.1 Å². The number of aliphatic hydroxyl groups excluding tert-OH is 1. The van der Waals surface area contributed by atoms with Gasteiger partial charge in [-0.1, -0.05) is 31.9 Å². The lowest BCUT2D eigenvalue weighted by molar-refractivity contribution is -0.117. The SMILES string of the molecule is CCC(C)C(O)CNC(=O)c1cc(N2CCCC2=O)ccc1Cl. The van der Waals surface area contributed by atoms with E-state index in [1.807, 2.05) is 13.8 Å². The van der Waals surface area contributed by atoms with Gasteiger partial charge in [0.2, 0.25) is 5.91 Å². The van der Waals surface area contributed by atoms with Crippen LogP contribution in [0.2, 0.25) is 5.02 Å². The summed E-state index contributed by atoms with van der Waals surface area (Å²) in [6, 6.07) is 5.01. The number of aliphatic hydroxyl groups is 1. The highest BCUT2D eigenvalue weighted by atomic mass is 35.5. The molecule has 2 rings (SSSR count). The summed E-state index contributed by atoms with van der Waals surface area (Å²) in [5.41, 5.74) is 1.00. The van der Waals surface area contributed by atoms with Crippen LogP contribution in [-0.2, 0) is 4.79 Å². The van der Waals surface area contributed by atoms with Gasteiger partial charge in [0.15, 0.2) is 0 Å². The first-order valence-electron chi connectivity index (χ1n) is 8.00. The number of nitrogens with one attached hydrogen (secondary N) is 1. The van der Waals surface area contributed by atoms with Gasteiger partial charge in [-0.3, -0.25) is 9.59 Å². The molecule has 1 aliphatic heterocycles. The van der Waals surface area contributed by atoms with E-state index in [1.54, 1.807) is 23.1 Å². The third-order valence-corrected chi connectivity index (χ3v) is 4.68. The van der Waals surface area contributed by atoms with Crippen LogP contribution in [0.25, 0.3) is 0 Å². The number of amides is 2. The molecule has 1 saturated heterocycles. The molecule has 1 heterocycles. The van der Waals surface area contributed by atoms with E-state index < -0.39 is 6.10 Å². The zero-order valence-corrected chi connectivity index (χ0v) is 14.3. The van der Waals surface area contributed by atoms with Crippen LogP contribution in [0, 0.1) is 5.92 Å². The molecule has 1 aromatic carbocycles. The molecule has 0 aliphatic carbocycles. The van der Waals surface area contributed by atoms with Crippen LogP contribution in [0.4, 0.5) is 5.69 Å². The Labute approximate surface area is 141 Å². The molecule has 1 fully saturated rings. The molecule has 23 heavy (non-hydrogen) atoms. The van der Waals surface area contributed by atoms with E-state index in [0.717, 1.165) is 12.8 Å². The van der Waals surface area contributed by atoms with Crippen LogP contribution in [0.5, 0.6) is 0 Å². The monoisotopic (exact) mass is 338 g/mol. The molecule has 5 nitrogen and oxygen atoms in total. The maximum Gasteiger partial charge on any atom is 0.252 e. The molecule has 0 aromatic heterocycles. The first-order chi connectivity index (χ1) is 10.9. The van der Waals surface area contributed by atoms with Crippen LogP contribution in [0.15, 0.2) is 18.2 Å². The number of carbonyl (C=O) groups excluding carboxylic acids is 2. The van der Waals surface area contributed by atoms with Gasteiger partial charge in [0.1, 0.15) is 0 Å². The van der Waals surface area contributed by atoms with Crippen LogP contribution in [-0.4, -0.2) is 36.1 Å². The zero-order chi connectivity index (χ0) is 17.0. The predicted molar refractivity (Wildman–Crippen MR) is 90.8 cm³/mol. The molecule has 6 heteroatoms.